The molecule has 1 atom stereocenters. The molecule has 5 nitrogen and oxygen atoms in total. The van der Waals surface area contributed by atoms with E-state index in [4.69, 9.17) is 4.74 Å². The highest BCUT2D eigenvalue weighted by atomic mass is 16.5. The first kappa shape index (κ1) is 16.2. The summed E-state index contributed by atoms with van der Waals surface area (Å²) in [5.74, 6) is 0.114. The molecule has 0 spiro atoms. The van der Waals surface area contributed by atoms with Gasteiger partial charge in [0.25, 0.3) is 0 Å². The molecule has 2 heterocycles. The summed E-state index contributed by atoms with van der Waals surface area (Å²) < 4.78 is 6.98. The van der Waals surface area contributed by atoms with E-state index >= 15 is 0 Å². The number of aromatic nitrogens is 3. The van der Waals surface area contributed by atoms with Crippen LogP contribution in [-0.2, 0) is 11.2 Å². The van der Waals surface area contributed by atoms with E-state index in [1.807, 2.05) is 22.9 Å². The number of pyridine rings is 1. The lowest BCUT2D eigenvalue weighted by atomic mass is 10.1. The summed E-state index contributed by atoms with van der Waals surface area (Å²) in [6.07, 6.45) is 4.40. The van der Waals surface area contributed by atoms with Gasteiger partial charge in [-0.25, -0.2) is 4.79 Å². The lowest BCUT2D eigenvalue weighted by Crippen LogP contribution is -2.14. The molecule has 1 unspecified atom stereocenters. The molecule has 0 N–H and O–H groups in total. The van der Waals surface area contributed by atoms with E-state index in [1.54, 1.807) is 19.3 Å². The first-order valence-electron chi connectivity index (χ1n) is 7.68. The molecule has 0 amide bonds. The second kappa shape index (κ2) is 7.20. The van der Waals surface area contributed by atoms with Crippen LogP contribution in [0.4, 0.5) is 0 Å². The third kappa shape index (κ3) is 3.72. The van der Waals surface area contributed by atoms with Crippen LogP contribution in [0.5, 0.6) is 0 Å². The van der Waals surface area contributed by atoms with E-state index in [9.17, 15) is 4.79 Å². The molecule has 2 rings (SSSR count). The van der Waals surface area contributed by atoms with Gasteiger partial charge < -0.3 is 4.74 Å². The van der Waals surface area contributed by atoms with Crippen LogP contribution in [0, 0.1) is 5.92 Å². The fourth-order valence-corrected chi connectivity index (χ4v) is 2.43. The number of carbonyl (C=O) groups excluding carboxylic acids is 1. The molecule has 0 aromatic carbocycles. The maximum absolute atomic E-state index is 11.9. The monoisotopic (exact) mass is 301 g/mol. The normalized spacial score (nSPS) is 12.4. The highest BCUT2D eigenvalue weighted by Crippen LogP contribution is 2.21. The molecule has 2 aromatic rings. The van der Waals surface area contributed by atoms with Crippen LogP contribution in [0.1, 0.15) is 55.5 Å². The van der Waals surface area contributed by atoms with Crippen molar-refractivity contribution < 1.29 is 9.53 Å². The van der Waals surface area contributed by atoms with E-state index in [0.717, 1.165) is 17.7 Å². The second-order valence-corrected chi connectivity index (χ2v) is 5.74. The Bertz CT molecular complexity index is 620. The molecule has 0 aliphatic rings. The van der Waals surface area contributed by atoms with Crippen LogP contribution < -0.4 is 0 Å². The Balaban J connectivity index is 2.37. The fourth-order valence-electron chi connectivity index (χ4n) is 2.43. The lowest BCUT2D eigenvalue weighted by molar-refractivity contribution is 0.0518. The number of carbonyl (C=O) groups is 1. The molecule has 2 aromatic heterocycles. The highest BCUT2D eigenvalue weighted by molar-refractivity contribution is 5.87. The van der Waals surface area contributed by atoms with Gasteiger partial charge in [0.1, 0.15) is 0 Å². The zero-order valence-electron chi connectivity index (χ0n) is 13.6. The van der Waals surface area contributed by atoms with E-state index in [0.29, 0.717) is 18.2 Å². The van der Waals surface area contributed by atoms with Crippen LogP contribution in [0.15, 0.2) is 30.6 Å². The fraction of sp³-hybridized carbons (Fsp3) is 0.471. The third-order valence-corrected chi connectivity index (χ3v) is 3.47. The van der Waals surface area contributed by atoms with Gasteiger partial charge in [-0.15, -0.1) is 0 Å². The maximum atomic E-state index is 11.9. The molecule has 0 bridgehead atoms. The minimum atomic E-state index is -0.367. The average molecular weight is 301 g/mol. The van der Waals surface area contributed by atoms with Gasteiger partial charge in [-0.05, 0) is 49.9 Å². The first-order valence-corrected chi connectivity index (χ1v) is 7.68. The van der Waals surface area contributed by atoms with Crippen LogP contribution in [0.25, 0.3) is 0 Å². The van der Waals surface area contributed by atoms with Crippen molar-refractivity contribution in [3.05, 3.63) is 47.5 Å². The Labute approximate surface area is 131 Å². The van der Waals surface area contributed by atoms with Crippen LogP contribution in [0.3, 0.4) is 0 Å². The standard InChI is InChI=1S/C17H23N3O2/c1-5-22-17(21)16-11-15(10-12(2)3)20(19-16)13(4)14-6-8-18-9-7-14/h6-9,11-13H,5,10H2,1-4H3. The summed E-state index contributed by atoms with van der Waals surface area (Å²) in [6, 6.07) is 5.82. The van der Waals surface area contributed by atoms with Crippen LogP contribution in [-0.4, -0.2) is 27.3 Å². The van der Waals surface area contributed by atoms with Gasteiger partial charge in [-0.2, -0.15) is 5.10 Å². The minimum absolute atomic E-state index is 0.0416. The summed E-state index contributed by atoms with van der Waals surface area (Å²) >= 11 is 0. The van der Waals surface area contributed by atoms with Gasteiger partial charge in [0.2, 0.25) is 0 Å². The topological polar surface area (TPSA) is 57.0 Å². The van der Waals surface area contributed by atoms with Crippen molar-refractivity contribution >= 4 is 5.97 Å². The van der Waals surface area contributed by atoms with Crippen molar-refractivity contribution in [1.29, 1.82) is 0 Å². The summed E-state index contributed by atoms with van der Waals surface area (Å²) in [4.78, 5) is 16.0. The number of esters is 1. The summed E-state index contributed by atoms with van der Waals surface area (Å²) in [7, 11) is 0. The van der Waals surface area contributed by atoms with Gasteiger partial charge >= 0.3 is 5.97 Å². The first-order chi connectivity index (χ1) is 10.5. The number of hydrogen-bond donors (Lipinski definition) is 0. The van der Waals surface area contributed by atoms with E-state index in [1.165, 1.54) is 0 Å². The van der Waals surface area contributed by atoms with Crippen LogP contribution in [0.2, 0.25) is 0 Å². The Morgan fingerprint density at radius 2 is 1.95 bits per heavy atom. The predicted molar refractivity (Wildman–Crippen MR) is 84.8 cm³/mol. The van der Waals surface area contributed by atoms with Crippen molar-refractivity contribution in [3.8, 4) is 0 Å². The molecule has 0 saturated carbocycles. The number of ether oxygens (including phenoxy) is 1. The molecule has 5 heteroatoms. The minimum Gasteiger partial charge on any atom is -0.461 e. The van der Waals surface area contributed by atoms with Crippen molar-refractivity contribution in [2.24, 2.45) is 5.92 Å². The average Bonchev–Trinajstić information content (AvgIpc) is 2.91. The van der Waals surface area contributed by atoms with E-state index < -0.39 is 0 Å². The number of hydrogen-bond acceptors (Lipinski definition) is 4. The molecular weight excluding hydrogens is 278 g/mol. The number of rotatable bonds is 6. The molecule has 22 heavy (non-hydrogen) atoms. The SMILES string of the molecule is CCOC(=O)c1cc(CC(C)C)n(C(C)c2ccncc2)n1. The third-order valence-electron chi connectivity index (χ3n) is 3.47. The second-order valence-electron chi connectivity index (χ2n) is 5.74. The van der Waals surface area contributed by atoms with Gasteiger partial charge in [-0.1, -0.05) is 13.8 Å². The largest absolute Gasteiger partial charge is 0.461 e. The molecule has 0 saturated heterocycles. The Kier molecular flexibility index (Phi) is 5.31. The Morgan fingerprint density at radius 1 is 1.27 bits per heavy atom. The molecule has 0 radical (unpaired) electrons. The van der Waals surface area contributed by atoms with Gasteiger partial charge in [-0.3, -0.25) is 9.67 Å². The van der Waals surface area contributed by atoms with Crippen LogP contribution >= 0.6 is 0 Å². The van der Waals surface area contributed by atoms with Crippen molar-refractivity contribution in [2.45, 2.75) is 40.2 Å². The molecular formula is C17H23N3O2. The van der Waals surface area contributed by atoms with E-state index in [-0.39, 0.29) is 12.0 Å². The Morgan fingerprint density at radius 3 is 2.55 bits per heavy atom. The quantitative estimate of drug-likeness (QED) is 0.768. The molecule has 118 valence electrons. The van der Waals surface area contributed by atoms with Crippen molar-refractivity contribution in [2.75, 3.05) is 6.61 Å². The van der Waals surface area contributed by atoms with Crippen molar-refractivity contribution in [1.82, 2.24) is 14.8 Å². The smallest absolute Gasteiger partial charge is 0.358 e. The highest BCUT2D eigenvalue weighted by Gasteiger charge is 2.20. The Hall–Kier alpha value is -2.17. The molecule has 0 aliphatic carbocycles. The number of nitrogens with zero attached hydrogens (tertiary/aromatic N) is 3. The van der Waals surface area contributed by atoms with E-state index in [2.05, 4.69) is 30.9 Å². The summed E-state index contributed by atoms with van der Waals surface area (Å²) in [5, 5.41) is 4.48. The van der Waals surface area contributed by atoms with Gasteiger partial charge in [0, 0.05) is 18.1 Å². The molecule has 0 fully saturated rings. The zero-order valence-corrected chi connectivity index (χ0v) is 13.6. The lowest BCUT2D eigenvalue weighted by Gasteiger charge is -2.17. The zero-order chi connectivity index (χ0) is 16.1. The van der Waals surface area contributed by atoms with Crippen molar-refractivity contribution in [3.63, 3.8) is 0 Å². The predicted octanol–water partition coefficient (Wildman–Crippen LogP) is 3.26. The van der Waals surface area contributed by atoms with Gasteiger partial charge in [0.15, 0.2) is 5.69 Å². The summed E-state index contributed by atoms with van der Waals surface area (Å²) in [6.45, 7) is 8.52. The van der Waals surface area contributed by atoms with Gasteiger partial charge in [0.05, 0.1) is 12.6 Å². The summed E-state index contributed by atoms with van der Waals surface area (Å²) in [5.41, 5.74) is 2.53. The maximum Gasteiger partial charge on any atom is 0.358 e. The molecule has 0 aliphatic heterocycles.